The molecule has 10 heteroatoms. The molecule has 4 aromatic carbocycles. The number of nitrogens with zero attached hydrogens (tertiary/aromatic N) is 3. The molecule has 0 saturated carbocycles. The van der Waals surface area contributed by atoms with Crippen LogP contribution in [0.25, 0.3) is 0 Å². The maximum absolute atomic E-state index is 14.9. The second-order valence-corrected chi connectivity index (χ2v) is 12.7. The number of ketones is 1. The third kappa shape index (κ3) is 8.87. The van der Waals surface area contributed by atoms with E-state index in [1.54, 1.807) is 17.3 Å². The van der Waals surface area contributed by atoms with Crippen molar-refractivity contribution in [1.29, 1.82) is 0 Å². The van der Waals surface area contributed by atoms with Gasteiger partial charge < -0.3 is 29.0 Å². The van der Waals surface area contributed by atoms with E-state index in [2.05, 4.69) is 41.2 Å². The van der Waals surface area contributed by atoms with Crippen molar-refractivity contribution in [2.75, 3.05) is 34.9 Å². The summed E-state index contributed by atoms with van der Waals surface area (Å²) in [5.74, 6) is -0.334. The Balaban J connectivity index is 1.48. The highest BCUT2D eigenvalue weighted by atomic mass is 16.5. The Bertz CT molecular complexity index is 1880. The summed E-state index contributed by atoms with van der Waals surface area (Å²) in [4.78, 5) is 53.3. The van der Waals surface area contributed by atoms with Gasteiger partial charge in [-0.15, -0.1) is 0 Å². The summed E-state index contributed by atoms with van der Waals surface area (Å²) in [6.07, 6.45) is 4.21. The molecule has 5 rings (SSSR count). The third-order valence-electron chi connectivity index (χ3n) is 9.54. The van der Waals surface area contributed by atoms with Crippen molar-refractivity contribution >= 4 is 17.6 Å². The van der Waals surface area contributed by atoms with Crippen molar-refractivity contribution in [2.45, 2.75) is 44.2 Å². The zero-order chi connectivity index (χ0) is 37.0. The van der Waals surface area contributed by atoms with E-state index in [1.807, 2.05) is 66.7 Å². The van der Waals surface area contributed by atoms with Crippen LogP contribution in [-0.4, -0.2) is 78.3 Å². The first-order valence-corrected chi connectivity index (χ1v) is 17.3. The lowest BCUT2D eigenvalue weighted by Gasteiger charge is -2.34. The van der Waals surface area contributed by atoms with E-state index in [0.29, 0.717) is 24.5 Å². The van der Waals surface area contributed by atoms with Crippen LogP contribution in [0.1, 0.15) is 58.1 Å². The normalized spacial score (nSPS) is 12.6. The average molecular weight is 703 g/mol. The van der Waals surface area contributed by atoms with E-state index >= 15 is 0 Å². The van der Waals surface area contributed by atoms with Gasteiger partial charge in [0.25, 0.3) is 11.7 Å². The fourth-order valence-corrected chi connectivity index (χ4v) is 6.60. The number of nitrogens with one attached hydrogen (secondary N) is 1. The van der Waals surface area contributed by atoms with Gasteiger partial charge in [0.2, 0.25) is 11.7 Å². The van der Waals surface area contributed by atoms with Crippen molar-refractivity contribution in [1.82, 2.24) is 19.8 Å². The minimum atomic E-state index is -1.00. The molecule has 270 valence electrons. The molecule has 5 aromatic rings. The number of ether oxygens (including phenoxy) is 3. The van der Waals surface area contributed by atoms with E-state index in [0.717, 1.165) is 5.56 Å². The van der Waals surface area contributed by atoms with E-state index in [9.17, 15) is 14.4 Å². The molecule has 10 nitrogen and oxygen atoms in total. The molecular weight excluding hydrogens is 656 g/mol. The largest absolute Gasteiger partial charge is 0.493 e. The number of methoxy groups -OCH3 is 3. The summed E-state index contributed by atoms with van der Waals surface area (Å²) in [5, 5.41) is 0. The van der Waals surface area contributed by atoms with Crippen LogP contribution >= 0.6 is 0 Å². The molecule has 1 N–H and O–H groups in total. The Morgan fingerprint density at radius 3 is 1.90 bits per heavy atom. The highest BCUT2D eigenvalue weighted by Crippen LogP contribution is 2.39. The average Bonchev–Trinajstić information content (AvgIpc) is 3.72. The molecule has 0 aliphatic heterocycles. The Morgan fingerprint density at radius 2 is 1.37 bits per heavy atom. The van der Waals surface area contributed by atoms with Gasteiger partial charge in [-0.25, -0.2) is 4.98 Å². The van der Waals surface area contributed by atoms with Crippen molar-refractivity contribution in [3.05, 3.63) is 144 Å². The molecule has 0 spiro atoms. The summed E-state index contributed by atoms with van der Waals surface area (Å²) in [6.45, 7) is 2.79. The number of amides is 2. The molecule has 0 saturated heterocycles. The van der Waals surface area contributed by atoms with E-state index in [4.69, 9.17) is 14.2 Å². The fourth-order valence-electron chi connectivity index (χ4n) is 6.60. The van der Waals surface area contributed by atoms with Crippen LogP contribution in [0.15, 0.2) is 116 Å². The first kappa shape index (κ1) is 37.4. The predicted octanol–water partition coefficient (Wildman–Crippen LogP) is 6.69. The number of Topliss-reactive ketones (excluding diaryl/α,β-unsaturated/α-hetero) is 1. The lowest BCUT2D eigenvalue weighted by atomic mass is 9.80. The zero-order valence-electron chi connectivity index (χ0n) is 30.3. The lowest BCUT2D eigenvalue weighted by molar-refractivity contribution is -0.143. The van der Waals surface area contributed by atoms with Gasteiger partial charge in [-0.3, -0.25) is 14.4 Å². The molecule has 0 aliphatic rings. The molecule has 0 radical (unpaired) electrons. The maximum atomic E-state index is 14.9. The summed E-state index contributed by atoms with van der Waals surface area (Å²) >= 11 is 0. The van der Waals surface area contributed by atoms with E-state index < -0.39 is 17.7 Å². The summed E-state index contributed by atoms with van der Waals surface area (Å²) in [7, 11) is 5.83. The third-order valence-corrected chi connectivity index (χ3v) is 9.54. The van der Waals surface area contributed by atoms with Crippen LogP contribution in [-0.2, 0) is 22.6 Å². The van der Waals surface area contributed by atoms with Gasteiger partial charge in [0.05, 0.1) is 27.9 Å². The second kappa shape index (κ2) is 17.8. The summed E-state index contributed by atoms with van der Waals surface area (Å²) in [6, 6.07) is 32.0. The number of H-pyrrole nitrogens is 1. The van der Waals surface area contributed by atoms with E-state index in [1.165, 1.54) is 56.5 Å². The highest BCUT2D eigenvalue weighted by molar-refractivity contribution is 6.43. The number of aromatic amines is 1. The van der Waals surface area contributed by atoms with Gasteiger partial charge in [-0.1, -0.05) is 97.9 Å². The molecular formula is C42H46N4O6. The van der Waals surface area contributed by atoms with Crippen molar-refractivity contribution in [2.24, 2.45) is 0 Å². The highest BCUT2D eigenvalue weighted by Gasteiger charge is 2.35. The van der Waals surface area contributed by atoms with E-state index in [-0.39, 0.29) is 47.8 Å². The molecule has 52 heavy (non-hydrogen) atoms. The number of benzene rings is 4. The molecule has 2 amide bonds. The Morgan fingerprint density at radius 1 is 0.788 bits per heavy atom. The van der Waals surface area contributed by atoms with Gasteiger partial charge >= 0.3 is 0 Å². The molecule has 0 bridgehead atoms. The second-order valence-electron chi connectivity index (χ2n) is 12.7. The molecule has 1 heterocycles. The van der Waals surface area contributed by atoms with Crippen molar-refractivity contribution in [3.8, 4) is 17.2 Å². The van der Waals surface area contributed by atoms with Crippen LogP contribution in [0.5, 0.6) is 17.2 Å². The number of hydrogen-bond acceptors (Lipinski definition) is 7. The summed E-state index contributed by atoms with van der Waals surface area (Å²) in [5.41, 5.74) is 3.27. The van der Waals surface area contributed by atoms with Crippen LogP contribution < -0.4 is 14.2 Å². The number of rotatable bonds is 17. The van der Waals surface area contributed by atoms with Gasteiger partial charge in [-0.2, -0.15) is 0 Å². The Labute approximate surface area is 305 Å². The minimum absolute atomic E-state index is 0.0466. The van der Waals surface area contributed by atoms with Gasteiger partial charge in [-0.05, 0) is 47.1 Å². The monoisotopic (exact) mass is 702 g/mol. The van der Waals surface area contributed by atoms with Crippen molar-refractivity contribution in [3.63, 3.8) is 0 Å². The van der Waals surface area contributed by atoms with Gasteiger partial charge in [0.1, 0.15) is 11.9 Å². The Hall–Kier alpha value is -5.90. The van der Waals surface area contributed by atoms with Crippen molar-refractivity contribution < 1.29 is 28.6 Å². The van der Waals surface area contributed by atoms with Crippen LogP contribution in [0, 0.1) is 0 Å². The lowest BCUT2D eigenvalue weighted by Crippen LogP contribution is -2.52. The number of hydrogen-bond donors (Lipinski definition) is 1. The molecule has 0 aliphatic carbocycles. The Kier molecular flexibility index (Phi) is 12.8. The number of aromatic nitrogens is 2. The number of likely N-dealkylation sites (N-methyl/N-ethyl adjacent to an activating group) is 1. The first-order chi connectivity index (χ1) is 25.2. The number of carbonyl (C=O) groups is 3. The zero-order valence-corrected chi connectivity index (χ0v) is 30.3. The molecule has 1 aromatic heterocycles. The smallest absolute Gasteiger partial charge is 0.295 e. The topological polar surface area (TPSA) is 114 Å². The standard InChI is InChI=1S/C42H46N4O6/c1-29(31-17-11-7-12-18-31)34(32-19-13-8-14-20-32)21-24-46(28-38-43-22-23-44-38)41(48)35(25-30-15-9-6-10-16-30)45(2)42(49)39(47)33-26-36(50-3)40(52-5)37(27-33)51-4/h6-20,22-23,26-27,29,34-35H,21,24-25,28H2,1-5H3,(H,43,44)/t29?,34?,35-/m0/s1. The first-order valence-electron chi connectivity index (χ1n) is 17.3. The number of carbonyl (C=O) groups excluding carboxylic acids is 3. The molecule has 0 fully saturated rings. The van der Waals surface area contributed by atoms with Gasteiger partial charge in [0.15, 0.2) is 11.5 Å². The predicted molar refractivity (Wildman–Crippen MR) is 200 cm³/mol. The maximum Gasteiger partial charge on any atom is 0.295 e. The van der Waals surface area contributed by atoms with Crippen LogP contribution in [0.3, 0.4) is 0 Å². The van der Waals surface area contributed by atoms with Crippen LogP contribution in [0.4, 0.5) is 0 Å². The minimum Gasteiger partial charge on any atom is -0.493 e. The fraction of sp³-hybridized carbons (Fsp3) is 0.286. The molecule has 2 unspecified atom stereocenters. The SMILES string of the molecule is COc1cc(C(=O)C(=O)N(C)[C@@H](Cc2ccccc2)C(=O)N(CCC(c2ccccc2)C(C)c2ccccc2)Cc2ncc[nH]2)cc(OC)c1OC. The van der Waals surface area contributed by atoms with Crippen LogP contribution in [0.2, 0.25) is 0 Å². The molecule has 3 atom stereocenters. The summed E-state index contributed by atoms with van der Waals surface area (Å²) < 4.78 is 16.3. The van der Waals surface area contributed by atoms with Gasteiger partial charge in [0, 0.05) is 38.0 Å². The quantitative estimate of drug-likeness (QED) is 0.0848. The number of imidazole rings is 1.